The van der Waals surface area contributed by atoms with Crippen LogP contribution in [-0.4, -0.2) is 24.8 Å². The second-order valence-electron chi connectivity index (χ2n) is 5.72. The zero-order valence-corrected chi connectivity index (χ0v) is 15.3. The summed E-state index contributed by atoms with van der Waals surface area (Å²) in [5.41, 5.74) is 0.483. The fourth-order valence-electron chi connectivity index (χ4n) is 2.60. The van der Waals surface area contributed by atoms with E-state index in [1.54, 1.807) is 6.07 Å². The van der Waals surface area contributed by atoms with E-state index in [9.17, 15) is 20.2 Å². The molecular weight excluding hydrogens is 398 g/mol. The molecule has 4 aromatic rings. The quantitative estimate of drug-likeness (QED) is 0.349. The number of thiazole rings is 1. The van der Waals surface area contributed by atoms with E-state index in [1.807, 2.05) is 24.3 Å². The van der Waals surface area contributed by atoms with E-state index in [2.05, 4.69) is 25.6 Å². The van der Waals surface area contributed by atoms with E-state index >= 15 is 0 Å². The lowest BCUT2D eigenvalue weighted by molar-refractivity contribution is -0.384. The number of aromatic nitrogens is 3. The van der Waals surface area contributed by atoms with Gasteiger partial charge in [-0.25, -0.2) is 15.0 Å². The number of nitro benzene ring substituents is 1. The molecule has 0 aliphatic heterocycles. The lowest BCUT2D eigenvalue weighted by Gasteiger charge is -2.08. The van der Waals surface area contributed by atoms with Crippen molar-refractivity contribution < 1.29 is 9.85 Å². The second kappa shape index (κ2) is 7.44. The maximum atomic E-state index is 11.7. The first kappa shape index (κ1) is 18.2. The van der Waals surface area contributed by atoms with Crippen molar-refractivity contribution >= 4 is 55.4 Å². The Balaban J connectivity index is 1.69. The molecule has 2 N–H and O–H groups in total. The van der Waals surface area contributed by atoms with Gasteiger partial charge in [-0.05, 0) is 18.2 Å². The fraction of sp³-hybridized carbons (Fsp3) is 0. The van der Waals surface area contributed by atoms with Crippen LogP contribution >= 0.6 is 11.3 Å². The summed E-state index contributed by atoms with van der Waals surface area (Å²) in [5.74, 6) is -0.147. The van der Waals surface area contributed by atoms with Crippen LogP contribution in [0.2, 0.25) is 0 Å². The summed E-state index contributed by atoms with van der Waals surface area (Å²) in [6, 6.07) is 13.0. The number of nitro groups is 2. The van der Waals surface area contributed by atoms with Crippen molar-refractivity contribution in [3.63, 3.8) is 0 Å². The van der Waals surface area contributed by atoms with Gasteiger partial charge in [0, 0.05) is 17.8 Å². The predicted octanol–water partition coefficient (Wildman–Crippen LogP) is 4.39. The van der Waals surface area contributed by atoms with Crippen LogP contribution in [0.25, 0.3) is 10.2 Å². The van der Waals surface area contributed by atoms with Crippen LogP contribution in [0.4, 0.5) is 33.8 Å². The first-order chi connectivity index (χ1) is 14.0. The van der Waals surface area contributed by atoms with Crippen molar-refractivity contribution in [2.45, 2.75) is 0 Å². The normalized spacial score (nSPS) is 10.6. The highest BCUT2D eigenvalue weighted by molar-refractivity contribution is 7.22. The summed E-state index contributed by atoms with van der Waals surface area (Å²) in [5, 5.41) is 28.7. The molecule has 0 amide bonds. The molecule has 0 unspecified atom stereocenters. The number of hydrogen-bond donors (Lipinski definition) is 2. The average Bonchev–Trinajstić information content (AvgIpc) is 3.10. The third-order valence-corrected chi connectivity index (χ3v) is 4.80. The highest BCUT2D eigenvalue weighted by Gasteiger charge is 2.24. The Kier molecular flexibility index (Phi) is 4.66. The van der Waals surface area contributed by atoms with E-state index in [4.69, 9.17) is 0 Å². The fourth-order valence-corrected chi connectivity index (χ4v) is 3.46. The first-order valence-electron chi connectivity index (χ1n) is 8.15. The van der Waals surface area contributed by atoms with Crippen molar-refractivity contribution in [3.05, 3.63) is 75.1 Å². The molecule has 0 spiro atoms. The Morgan fingerprint density at radius 3 is 2.38 bits per heavy atom. The SMILES string of the molecule is O=[N+]([O-])c1cccc(Nc2ncnc(Nc3nc4ccccc4s3)c2[N+](=O)[O-])c1. The molecule has 0 bridgehead atoms. The number of fused-ring (bicyclic) bond motifs is 1. The Morgan fingerprint density at radius 2 is 1.66 bits per heavy atom. The molecule has 0 radical (unpaired) electrons. The number of hydrogen-bond acceptors (Lipinski definition) is 10. The van der Waals surface area contributed by atoms with Crippen molar-refractivity contribution in [3.8, 4) is 0 Å². The van der Waals surface area contributed by atoms with Crippen LogP contribution in [0, 0.1) is 20.2 Å². The number of nitrogens with one attached hydrogen (secondary N) is 2. The van der Waals surface area contributed by atoms with Crippen LogP contribution in [0.1, 0.15) is 0 Å². The molecule has 0 saturated carbocycles. The standard InChI is InChI=1S/C17H11N7O4S/c25-23(26)11-5-3-4-10(8-11)20-15-14(24(27)28)16(19-9-18-15)22-17-21-12-6-1-2-7-13(12)29-17/h1-9H,(H2,18,19,20,21,22). The lowest BCUT2D eigenvalue weighted by atomic mass is 10.3. The van der Waals surface area contributed by atoms with Gasteiger partial charge in [0.05, 0.1) is 20.1 Å². The molecule has 144 valence electrons. The third-order valence-electron chi connectivity index (χ3n) is 3.84. The van der Waals surface area contributed by atoms with Crippen LogP contribution in [0.3, 0.4) is 0 Å². The molecule has 4 rings (SSSR count). The second-order valence-corrected chi connectivity index (χ2v) is 6.75. The molecule has 29 heavy (non-hydrogen) atoms. The van der Waals surface area contributed by atoms with Crippen LogP contribution in [0.15, 0.2) is 54.9 Å². The molecule has 0 atom stereocenters. The minimum atomic E-state index is -0.630. The van der Waals surface area contributed by atoms with Gasteiger partial charge in [-0.15, -0.1) is 0 Å². The Bertz CT molecular complexity index is 1210. The summed E-state index contributed by atoms with van der Waals surface area (Å²) in [6.07, 6.45) is 1.16. The van der Waals surface area contributed by atoms with Gasteiger partial charge >= 0.3 is 5.69 Å². The molecule has 2 heterocycles. The Hall–Kier alpha value is -4.19. The van der Waals surface area contributed by atoms with Gasteiger partial charge in [0.2, 0.25) is 11.6 Å². The van der Waals surface area contributed by atoms with Crippen LogP contribution in [-0.2, 0) is 0 Å². The van der Waals surface area contributed by atoms with Gasteiger partial charge in [0.1, 0.15) is 6.33 Å². The Labute approximate surface area is 166 Å². The van der Waals surface area contributed by atoms with Crippen molar-refractivity contribution in [1.29, 1.82) is 0 Å². The largest absolute Gasteiger partial charge is 0.353 e. The lowest BCUT2D eigenvalue weighted by Crippen LogP contribution is -2.05. The summed E-state index contributed by atoms with van der Waals surface area (Å²) >= 11 is 1.33. The van der Waals surface area contributed by atoms with Gasteiger partial charge in [0.25, 0.3) is 5.69 Å². The number of benzene rings is 2. The van der Waals surface area contributed by atoms with Gasteiger partial charge in [0.15, 0.2) is 5.13 Å². The van der Waals surface area contributed by atoms with Crippen LogP contribution in [0.5, 0.6) is 0 Å². The Morgan fingerprint density at radius 1 is 0.897 bits per heavy atom. The van der Waals surface area contributed by atoms with E-state index in [0.29, 0.717) is 5.13 Å². The summed E-state index contributed by atoms with van der Waals surface area (Å²) in [7, 11) is 0. The molecule has 0 aliphatic carbocycles. The number of para-hydroxylation sites is 1. The van der Waals surface area contributed by atoms with E-state index in [0.717, 1.165) is 16.5 Å². The predicted molar refractivity (Wildman–Crippen MR) is 108 cm³/mol. The van der Waals surface area contributed by atoms with Gasteiger partial charge in [-0.1, -0.05) is 29.5 Å². The summed E-state index contributed by atoms with van der Waals surface area (Å²) in [6.45, 7) is 0. The summed E-state index contributed by atoms with van der Waals surface area (Å²) < 4.78 is 0.918. The number of nitrogens with zero attached hydrogens (tertiary/aromatic N) is 5. The average molecular weight is 409 g/mol. The van der Waals surface area contributed by atoms with E-state index < -0.39 is 15.5 Å². The molecular formula is C17H11N7O4S. The molecule has 0 fully saturated rings. The zero-order valence-electron chi connectivity index (χ0n) is 14.5. The minimum Gasteiger partial charge on any atom is -0.334 e. The number of non-ortho nitro benzene ring substituents is 1. The molecule has 2 aromatic heterocycles. The molecule has 0 aliphatic rings. The van der Waals surface area contributed by atoms with Gasteiger partial charge in [-0.2, -0.15) is 0 Å². The van der Waals surface area contributed by atoms with Crippen LogP contribution < -0.4 is 10.6 Å². The molecule has 11 nitrogen and oxygen atoms in total. The van der Waals surface area contributed by atoms with Crippen molar-refractivity contribution in [2.75, 3.05) is 10.6 Å². The van der Waals surface area contributed by atoms with Crippen molar-refractivity contribution in [1.82, 2.24) is 15.0 Å². The summed E-state index contributed by atoms with van der Waals surface area (Å²) in [4.78, 5) is 33.7. The minimum absolute atomic E-state index is 0.0445. The van der Waals surface area contributed by atoms with Crippen molar-refractivity contribution in [2.24, 2.45) is 0 Å². The maximum absolute atomic E-state index is 11.7. The van der Waals surface area contributed by atoms with Gasteiger partial charge in [-0.3, -0.25) is 20.2 Å². The van der Waals surface area contributed by atoms with E-state index in [1.165, 1.54) is 29.5 Å². The molecule has 2 aromatic carbocycles. The highest BCUT2D eigenvalue weighted by atomic mass is 32.1. The topological polar surface area (TPSA) is 149 Å². The molecule has 0 saturated heterocycles. The van der Waals surface area contributed by atoms with Gasteiger partial charge < -0.3 is 10.6 Å². The highest BCUT2D eigenvalue weighted by Crippen LogP contribution is 2.35. The smallest absolute Gasteiger partial charge is 0.334 e. The van der Waals surface area contributed by atoms with E-state index in [-0.39, 0.29) is 23.0 Å². The molecule has 12 heteroatoms. The monoisotopic (exact) mass is 409 g/mol. The first-order valence-corrected chi connectivity index (χ1v) is 8.96. The zero-order chi connectivity index (χ0) is 20.4. The third kappa shape index (κ3) is 3.77. The number of rotatable bonds is 6. The maximum Gasteiger partial charge on any atom is 0.353 e. The number of anilines is 4.